The molecule has 0 aliphatic carbocycles. The van der Waals surface area contributed by atoms with Crippen molar-refractivity contribution in [3.63, 3.8) is 0 Å². The first-order chi connectivity index (χ1) is 9.81. The van der Waals surface area contributed by atoms with Gasteiger partial charge in [-0.3, -0.25) is 4.79 Å². The number of nitrogens with one attached hydrogen (secondary N) is 1. The summed E-state index contributed by atoms with van der Waals surface area (Å²) in [4.78, 5) is 10.9. The Morgan fingerprint density at radius 2 is 1.86 bits per heavy atom. The van der Waals surface area contributed by atoms with Crippen LogP contribution in [0.1, 0.15) is 13.8 Å². The van der Waals surface area contributed by atoms with Gasteiger partial charge in [-0.15, -0.1) is 0 Å². The first-order valence-corrected chi connectivity index (χ1v) is 7.94. The van der Waals surface area contributed by atoms with E-state index in [4.69, 9.17) is 14.6 Å². The SMILES string of the molecule is CC(NS(=O)(=O)c1ccc2c(c1)OCCO2)C(C)C(=O)O. The van der Waals surface area contributed by atoms with E-state index < -0.39 is 28.0 Å². The maximum Gasteiger partial charge on any atom is 0.307 e. The van der Waals surface area contributed by atoms with Gasteiger partial charge in [-0.05, 0) is 19.1 Å². The second kappa shape index (κ2) is 5.90. The molecule has 7 nitrogen and oxygen atoms in total. The normalized spacial score (nSPS) is 17.0. The van der Waals surface area contributed by atoms with Crippen LogP contribution in [0.3, 0.4) is 0 Å². The molecule has 0 saturated carbocycles. The molecule has 2 rings (SSSR count). The molecule has 2 atom stereocenters. The van der Waals surface area contributed by atoms with Crippen molar-refractivity contribution < 1.29 is 27.8 Å². The second-order valence-corrected chi connectivity index (χ2v) is 6.56. The Kier molecular flexibility index (Phi) is 4.38. The van der Waals surface area contributed by atoms with E-state index in [9.17, 15) is 13.2 Å². The highest BCUT2D eigenvalue weighted by molar-refractivity contribution is 7.89. The second-order valence-electron chi connectivity index (χ2n) is 4.84. The number of carbonyl (C=O) groups is 1. The van der Waals surface area contributed by atoms with Crippen LogP contribution in [0.15, 0.2) is 23.1 Å². The molecule has 0 amide bonds. The summed E-state index contributed by atoms with van der Waals surface area (Å²) in [5, 5.41) is 8.91. The summed E-state index contributed by atoms with van der Waals surface area (Å²) in [6.45, 7) is 3.73. The Hall–Kier alpha value is -1.80. The minimum atomic E-state index is -3.82. The Labute approximate surface area is 122 Å². The topological polar surface area (TPSA) is 102 Å². The van der Waals surface area contributed by atoms with Crippen LogP contribution in [-0.2, 0) is 14.8 Å². The fourth-order valence-electron chi connectivity index (χ4n) is 1.82. The molecule has 8 heteroatoms. The molecule has 0 bridgehead atoms. The maximum atomic E-state index is 12.3. The number of benzene rings is 1. The first kappa shape index (κ1) is 15.6. The summed E-state index contributed by atoms with van der Waals surface area (Å²) < 4.78 is 37.5. The highest BCUT2D eigenvalue weighted by Gasteiger charge is 2.26. The number of rotatable bonds is 5. The van der Waals surface area contributed by atoms with Crippen LogP contribution in [0.25, 0.3) is 0 Å². The quantitative estimate of drug-likeness (QED) is 0.835. The molecule has 0 spiro atoms. The molecule has 1 heterocycles. The highest BCUT2D eigenvalue weighted by Crippen LogP contribution is 2.32. The average molecular weight is 315 g/mol. The Balaban J connectivity index is 2.21. The molecule has 1 aromatic rings. The van der Waals surface area contributed by atoms with Crippen LogP contribution in [0.2, 0.25) is 0 Å². The number of fused-ring (bicyclic) bond motifs is 1. The molecule has 2 N–H and O–H groups in total. The molecule has 0 aromatic heterocycles. The van der Waals surface area contributed by atoms with E-state index in [1.807, 2.05) is 0 Å². The van der Waals surface area contributed by atoms with Crippen LogP contribution in [0, 0.1) is 5.92 Å². The standard InChI is InChI=1S/C13H17NO6S/c1-8(13(15)16)9(2)14-21(17,18)10-3-4-11-12(7-10)20-6-5-19-11/h3-4,7-9,14H,5-6H2,1-2H3,(H,15,16). The van der Waals surface area contributed by atoms with Crippen LogP contribution in [0.5, 0.6) is 11.5 Å². The number of hydrogen-bond donors (Lipinski definition) is 2. The summed E-state index contributed by atoms with van der Waals surface area (Å²) in [7, 11) is -3.82. The molecule has 1 aromatic carbocycles. The van der Waals surface area contributed by atoms with Gasteiger partial charge in [0.1, 0.15) is 13.2 Å². The van der Waals surface area contributed by atoms with Crippen LogP contribution < -0.4 is 14.2 Å². The molecule has 1 aliphatic heterocycles. The van der Waals surface area contributed by atoms with Gasteiger partial charge >= 0.3 is 5.97 Å². The van der Waals surface area contributed by atoms with E-state index in [0.29, 0.717) is 24.7 Å². The minimum Gasteiger partial charge on any atom is -0.486 e. The van der Waals surface area contributed by atoms with Gasteiger partial charge in [0.15, 0.2) is 11.5 Å². The van der Waals surface area contributed by atoms with Crippen LogP contribution in [-0.4, -0.2) is 38.7 Å². The fourth-order valence-corrected chi connectivity index (χ4v) is 3.16. The van der Waals surface area contributed by atoms with Crippen molar-refractivity contribution in [2.45, 2.75) is 24.8 Å². The third-order valence-electron chi connectivity index (χ3n) is 3.30. The van der Waals surface area contributed by atoms with E-state index in [0.717, 1.165) is 0 Å². The highest BCUT2D eigenvalue weighted by atomic mass is 32.2. The maximum absolute atomic E-state index is 12.3. The zero-order chi connectivity index (χ0) is 15.6. The van der Waals surface area contributed by atoms with Gasteiger partial charge in [0.25, 0.3) is 0 Å². The first-order valence-electron chi connectivity index (χ1n) is 6.46. The smallest absolute Gasteiger partial charge is 0.307 e. The summed E-state index contributed by atoms with van der Waals surface area (Å²) >= 11 is 0. The molecular weight excluding hydrogens is 298 g/mol. The van der Waals surface area contributed by atoms with Crippen molar-refractivity contribution in [2.75, 3.05) is 13.2 Å². The van der Waals surface area contributed by atoms with Crippen LogP contribution in [0.4, 0.5) is 0 Å². The van der Waals surface area contributed by atoms with Crippen molar-refractivity contribution in [3.8, 4) is 11.5 Å². The lowest BCUT2D eigenvalue weighted by Crippen LogP contribution is -2.40. The van der Waals surface area contributed by atoms with Crippen molar-refractivity contribution in [2.24, 2.45) is 5.92 Å². The van der Waals surface area contributed by atoms with E-state index in [-0.39, 0.29) is 4.90 Å². The van der Waals surface area contributed by atoms with Gasteiger partial charge in [0, 0.05) is 12.1 Å². The molecule has 0 saturated heterocycles. The van der Waals surface area contributed by atoms with Gasteiger partial charge in [0.05, 0.1) is 10.8 Å². The third kappa shape index (κ3) is 3.45. The number of ether oxygens (including phenoxy) is 2. The lowest BCUT2D eigenvalue weighted by atomic mass is 10.1. The number of carboxylic acid groups (broad SMARTS) is 1. The summed E-state index contributed by atoms with van der Waals surface area (Å²) in [6, 6.07) is 3.55. The molecule has 21 heavy (non-hydrogen) atoms. The van der Waals surface area contributed by atoms with E-state index in [2.05, 4.69) is 4.72 Å². The molecule has 116 valence electrons. The number of sulfonamides is 1. The zero-order valence-corrected chi connectivity index (χ0v) is 12.5. The Morgan fingerprint density at radius 3 is 2.48 bits per heavy atom. The Morgan fingerprint density at radius 1 is 1.24 bits per heavy atom. The van der Waals surface area contributed by atoms with Gasteiger partial charge in [-0.1, -0.05) is 6.92 Å². The predicted octanol–water partition coefficient (Wildman–Crippen LogP) is 0.845. The molecule has 0 fully saturated rings. The lowest BCUT2D eigenvalue weighted by Gasteiger charge is -2.20. The Bertz CT molecular complexity index is 642. The summed E-state index contributed by atoms with van der Waals surface area (Å²) in [6.07, 6.45) is 0. The molecular formula is C13H17NO6S. The van der Waals surface area contributed by atoms with E-state index >= 15 is 0 Å². The third-order valence-corrected chi connectivity index (χ3v) is 4.86. The minimum absolute atomic E-state index is 0.0104. The van der Waals surface area contributed by atoms with Crippen molar-refractivity contribution >= 4 is 16.0 Å². The monoisotopic (exact) mass is 315 g/mol. The fraction of sp³-hybridized carbons (Fsp3) is 0.462. The number of hydrogen-bond acceptors (Lipinski definition) is 5. The van der Waals surface area contributed by atoms with Crippen molar-refractivity contribution in [3.05, 3.63) is 18.2 Å². The van der Waals surface area contributed by atoms with Crippen LogP contribution >= 0.6 is 0 Å². The number of aliphatic carboxylic acids is 1. The predicted molar refractivity (Wildman–Crippen MR) is 74.0 cm³/mol. The largest absolute Gasteiger partial charge is 0.486 e. The van der Waals surface area contributed by atoms with Gasteiger partial charge < -0.3 is 14.6 Å². The van der Waals surface area contributed by atoms with Gasteiger partial charge in [-0.2, -0.15) is 0 Å². The lowest BCUT2D eigenvalue weighted by molar-refractivity contribution is -0.141. The zero-order valence-electron chi connectivity index (χ0n) is 11.7. The van der Waals surface area contributed by atoms with E-state index in [1.165, 1.54) is 32.0 Å². The number of carboxylic acids is 1. The molecule has 0 radical (unpaired) electrons. The van der Waals surface area contributed by atoms with Gasteiger partial charge in [0.2, 0.25) is 10.0 Å². The summed E-state index contributed by atoms with van der Waals surface area (Å²) in [5.74, 6) is -1.04. The van der Waals surface area contributed by atoms with E-state index in [1.54, 1.807) is 0 Å². The van der Waals surface area contributed by atoms with Crippen molar-refractivity contribution in [1.29, 1.82) is 0 Å². The van der Waals surface area contributed by atoms with Gasteiger partial charge in [-0.25, -0.2) is 13.1 Å². The summed E-state index contributed by atoms with van der Waals surface area (Å²) in [5.41, 5.74) is 0. The van der Waals surface area contributed by atoms with Crippen molar-refractivity contribution in [1.82, 2.24) is 4.72 Å². The molecule has 2 unspecified atom stereocenters. The molecule has 1 aliphatic rings. The average Bonchev–Trinajstić information content (AvgIpc) is 2.45.